The van der Waals surface area contributed by atoms with E-state index in [1.54, 1.807) is 37.4 Å². The molecule has 6 nitrogen and oxygen atoms in total. The number of rotatable bonds is 6. The Balaban J connectivity index is 1.86. The molecule has 3 rings (SSSR count). The molecule has 1 aliphatic carbocycles. The van der Waals surface area contributed by atoms with E-state index >= 15 is 0 Å². The lowest BCUT2D eigenvalue weighted by Crippen LogP contribution is -2.14. The van der Waals surface area contributed by atoms with Gasteiger partial charge in [0.25, 0.3) is 0 Å². The number of ketones is 1. The third-order valence-corrected chi connectivity index (χ3v) is 4.39. The average molecular weight is 368 g/mol. The van der Waals surface area contributed by atoms with E-state index in [2.05, 4.69) is 0 Å². The molecular formula is C21H20O6. The zero-order valence-corrected chi connectivity index (χ0v) is 15.2. The van der Waals surface area contributed by atoms with Crippen LogP contribution in [0.25, 0.3) is 6.08 Å². The van der Waals surface area contributed by atoms with Gasteiger partial charge in [-0.05, 0) is 60.4 Å². The smallest absolute Gasteiger partial charge is 0.341 e. The summed E-state index contributed by atoms with van der Waals surface area (Å²) in [7, 11) is 3.09. The number of allylic oxidation sites excluding steroid dienone is 1. The zero-order valence-electron chi connectivity index (χ0n) is 15.2. The lowest BCUT2D eigenvalue weighted by Gasteiger charge is -2.18. The third kappa shape index (κ3) is 4.11. The Bertz CT molecular complexity index is 913. The van der Waals surface area contributed by atoms with E-state index in [1.165, 1.54) is 7.11 Å². The second-order valence-electron chi connectivity index (χ2n) is 6.11. The first kappa shape index (κ1) is 18.5. The number of aliphatic carboxylic acids is 1. The van der Waals surface area contributed by atoms with Crippen LogP contribution in [0.15, 0.2) is 42.0 Å². The number of benzene rings is 2. The molecule has 2 aromatic carbocycles. The van der Waals surface area contributed by atoms with E-state index in [-0.39, 0.29) is 5.78 Å². The van der Waals surface area contributed by atoms with E-state index in [0.29, 0.717) is 29.1 Å². The van der Waals surface area contributed by atoms with Crippen molar-refractivity contribution in [3.05, 3.63) is 58.7 Å². The summed E-state index contributed by atoms with van der Waals surface area (Å²) in [4.78, 5) is 23.4. The number of carbonyl (C=O) groups excluding carboxylic acids is 1. The Hall–Kier alpha value is -3.28. The SMILES string of the molecule is COc1ccc2c(c1)CC/C(=C/c1ccc(OCC(=O)O)c(OC)c1)C2=O. The van der Waals surface area contributed by atoms with Gasteiger partial charge in [0.1, 0.15) is 5.75 Å². The Morgan fingerprint density at radius 1 is 1.07 bits per heavy atom. The highest BCUT2D eigenvalue weighted by Crippen LogP contribution is 2.32. The summed E-state index contributed by atoms with van der Waals surface area (Å²) in [5.74, 6) is 0.444. The number of carboxylic acids is 1. The van der Waals surface area contributed by atoms with Crippen LogP contribution in [0.2, 0.25) is 0 Å². The van der Waals surface area contributed by atoms with E-state index in [0.717, 1.165) is 23.3 Å². The highest BCUT2D eigenvalue weighted by atomic mass is 16.5. The van der Waals surface area contributed by atoms with Crippen LogP contribution < -0.4 is 14.2 Å². The summed E-state index contributed by atoms with van der Waals surface area (Å²) in [6.07, 6.45) is 3.23. The van der Waals surface area contributed by atoms with Gasteiger partial charge in [-0.3, -0.25) is 4.79 Å². The quantitative estimate of drug-likeness (QED) is 0.787. The minimum absolute atomic E-state index is 0.00377. The standard InChI is InChI=1S/C21H20O6/c1-25-16-6-7-17-14(11-16)4-5-15(21(17)24)9-13-3-8-18(19(10-13)26-2)27-12-20(22)23/h3,6-11H,4-5,12H2,1-2H3,(H,22,23)/b15-9-. The van der Waals surface area contributed by atoms with E-state index in [1.807, 2.05) is 12.1 Å². The van der Waals surface area contributed by atoms with Gasteiger partial charge in [-0.25, -0.2) is 4.79 Å². The number of hydrogen-bond donors (Lipinski definition) is 1. The number of Topliss-reactive ketones (excluding diaryl/α,β-unsaturated/α-hetero) is 1. The van der Waals surface area contributed by atoms with Crippen molar-refractivity contribution in [2.45, 2.75) is 12.8 Å². The third-order valence-electron chi connectivity index (χ3n) is 4.39. The number of hydrogen-bond acceptors (Lipinski definition) is 5. The summed E-state index contributed by atoms with van der Waals surface area (Å²) < 4.78 is 15.7. The van der Waals surface area contributed by atoms with Crippen molar-refractivity contribution >= 4 is 17.8 Å². The highest BCUT2D eigenvalue weighted by Gasteiger charge is 2.22. The number of carbonyl (C=O) groups is 2. The van der Waals surface area contributed by atoms with Gasteiger partial charge in [0, 0.05) is 11.1 Å². The molecular weight excluding hydrogens is 348 g/mol. The fraction of sp³-hybridized carbons (Fsp3) is 0.238. The van der Waals surface area contributed by atoms with Gasteiger partial charge >= 0.3 is 5.97 Å². The van der Waals surface area contributed by atoms with Gasteiger partial charge in [0.05, 0.1) is 14.2 Å². The van der Waals surface area contributed by atoms with Crippen molar-refractivity contribution in [3.63, 3.8) is 0 Å². The van der Waals surface area contributed by atoms with Crippen molar-refractivity contribution in [2.24, 2.45) is 0 Å². The number of ether oxygens (including phenoxy) is 3. The van der Waals surface area contributed by atoms with Crippen molar-refractivity contribution in [3.8, 4) is 17.2 Å². The summed E-state index contributed by atoms with van der Waals surface area (Å²) in [5.41, 5.74) is 3.19. The van der Waals surface area contributed by atoms with Crippen LogP contribution in [0.4, 0.5) is 0 Å². The van der Waals surface area contributed by atoms with Crippen LogP contribution >= 0.6 is 0 Å². The summed E-state index contributed by atoms with van der Waals surface area (Å²) in [6, 6.07) is 10.6. The molecule has 1 aliphatic rings. The van der Waals surface area contributed by atoms with E-state index in [4.69, 9.17) is 19.3 Å². The Labute approximate surface area is 157 Å². The maximum Gasteiger partial charge on any atom is 0.341 e. The summed E-state index contributed by atoms with van der Waals surface area (Å²) in [6.45, 7) is -0.449. The fourth-order valence-electron chi connectivity index (χ4n) is 3.05. The first-order valence-corrected chi connectivity index (χ1v) is 8.46. The Morgan fingerprint density at radius 3 is 2.59 bits per heavy atom. The molecule has 0 aromatic heterocycles. The van der Waals surface area contributed by atoms with Gasteiger partial charge in [-0.15, -0.1) is 0 Å². The van der Waals surface area contributed by atoms with Crippen molar-refractivity contribution < 1.29 is 28.9 Å². The van der Waals surface area contributed by atoms with E-state index < -0.39 is 12.6 Å². The molecule has 0 fully saturated rings. The molecule has 0 amide bonds. The molecule has 2 aromatic rings. The number of fused-ring (bicyclic) bond motifs is 1. The molecule has 0 bridgehead atoms. The normalized spacial score (nSPS) is 14.6. The number of methoxy groups -OCH3 is 2. The van der Waals surface area contributed by atoms with Crippen LogP contribution in [-0.4, -0.2) is 37.7 Å². The molecule has 0 saturated heterocycles. The lowest BCUT2D eigenvalue weighted by molar-refractivity contribution is -0.139. The van der Waals surface area contributed by atoms with Gasteiger partial charge in [0.15, 0.2) is 23.9 Å². The van der Waals surface area contributed by atoms with Crippen LogP contribution in [-0.2, 0) is 11.2 Å². The molecule has 0 saturated carbocycles. The average Bonchev–Trinajstić information content (AvgIpc) is 2.68. The molecule has 140 valence electrons. The lowest BCUT2D eigenvalue weighted by atomic mass is 9.86. The first-order chi connectivity index (χ1) is 13.0. The molecule has 1 N–H and O–H groups in total. The van der Waals surface area contributed by atoms with Crippen LogP contribution in [0.1, 0.15) is 27.9 Å². The molecule has 0 aliphatic heterocycles. The van der Waals surface area contributed by atoms with Crippen molar-refractivity contribution in [2.75, 3.05) is 20.8 Å². The molecule has 0 heterocycles. The molecule has 0 radical (unpaired) electrons. The minimum Gasteiger partial charge on any atom is -0.497 e. The predicted octanol–water partition coefficient (Wildman–Crippen LogP) is 3.38. The molecule has 0 unspecified atom stereocenters. The number of carboxylic acid groups (broad SMARTS) is 1. The summed E-state index contributed by atoms with van der Waals surface area (Å²) >= 11 is 0. The highest BCUT2D eigenvalue weighted by molar-refractivity contribution is 6.13. The Morgan fingerprint density at radius 2 is 1.89 bits per heavy atom. The molecule has 6 heteroatoms. The first-order valence-electron chi connectivity index (χ1n) is 8.46. The Kier molecular flexibility index (Phi) is 5.45. The largest absolute Gasteiger partial charge is 0.497 e. The van der Waals surface area contributed by atoms with Gasteiger partial charge < -0.3 is 19.3 Å². The second-order valence-corrected chi connectivity index (χ2v) is 6.11. The number of aryl methyl sites for hydroxylation is 1. The topological polar surface area (TPSA) is 82.1 Å². The van der Waals surface area contributed by atoms with Gasteiger partial charge in [0.2, 0.25) is 0 Å². The molecule has 27 heavy (non-hydrogen) atoms. The van der Waals surface area contributed by atoms with Crippen LogP contribution in [0, 0.1) is 0 Å². The maximum atomic E-state index is 12.8. The van der Waals surface area contributed by atoms with Crippen molar-refractivity contribution in [1.82, 2.24) is 0 Å². The van der Waals surface area contributed by atoms with Gasteiger partial charge in [-0.2, -0.15) is 0 Å². The van der Waals surface area contributed by atoms with Crippen molar-refractivity contribution in [1.29, 1.82) is 0 Å². The molecule has 0 spiro atoms. The zero-order chi connectivity index (χ0) is 19.4. The fourth-order valence-corrected chi connectivity index (χ4v) is 3.05. The summed E-state index contributed by atoms with van der Waals surface area (Å²) in [5, 5.41) is 8.73. The maximum absolute atomic E-state index is 12.8. The van der Waals surface area contributed by atoms with Gasteiger partial charge in [-0.1, -0.05) is 6.07 Å². The predicted molar refractivity (Wildman–Crippen MR) is 99.7 cm³/mol. The van der Waals surface area contributed by atoms with E-state index in [9.17, 15) is 9.59 Å². The molecule has 0 atom stereocenters. The van der Waals surface area contributed by atoms with Crippen LogP contribution in [0.5, 0.6) is 17.2 Å². The van der Waals surface area contributed by atoms with Crippen LogP contribution in [0.3, 0.4) is 0 Å². The second kappa shape index (κ2) is 7.95. The minimum atomic E-state index is -1.06. The monoisotopic (exact) mass is 368 g/mol.